The van der Waals surface area contributed by atoms with Crippen molar-refractivity contribution in [2.45, 2.75) is 0 Å². The van der Waals surface area contributed by atoms with Crippen LogP contribution >= 0.6 is 0 Å². The van der Waals surface area contributed by atoms with Crippen LogP contribution in [-0.4, -0.2) is 5.16 Å². The van der Waals surface area contributed by atoms with Crippen molar-refractivity contribution >= 4 is 16.6 Å². The molecule has 0 unspecified atom stereocenters. The fourth-order valence-electron chi connectivity index (χ4n) is 1.80. The minimum absolute atomic E-state index is 0.329. The summed E-state index contributed by atoms with van der Waals surface area (Å²) in [5, 5.41) is 4.60. The van der Waals surface area contributed by atoms with E-state index in [9.17, 15) is 4.39 Å². The molecule has 4 heteroatoms. The van der Waals surface area contributed by atoms with Crippen molar-refractivity contribution in [1.29, 1.82) is 0 Å². The summed E-state index contributed by atoms with van der Waals surface area (Å²) in [5.41, 5.74) is 7.69. The number of halogens is 1. The summed E-state index contributed by atoms with van der Waals surface area (Å²) >= 11 is 0. The van der Waals surface area contributed by atoms with Crippen LogP contribution < -0.4 is 5.73 Å². The van der Waals surface area contributed by atoms with E-state index in [-0.39, 0.29) is 5.82 Å². The van der Waals surface area contributed by atoms with E-state index >= 15 is 0 Å². The van der Waals surface area contributed by atoms with Crippen molar-refractivity contribution in [3.05, 3.63) is 48.3 Å². The molecule has 3 rings (SSSR count). The summed E-state index contributed by atoms with van der Waals surface area (Å²) in [7, 11) is 0. The number of hydrogen-bond donors (Lipinski definition) is 1. The van der Waals surface area contributed by atoms with Gasteiger partial charge < -0.3 is 10.3 Å². The maximum absolute atomic E-state index is 13.0. The number of aromatic nitrogens is 1. The number of nitrogens with two attached hydrogens (primary N) is 1. The van der Waals surface area contributed by atoms with E-state index in [1.165, 1.54) is 12.1 Å². The van der Waals surface area contributed by atoms with Gasteiger partial charge in [-0.1, -0.05) is 17.3 Å². The van der Waals surface area contributed by atoms with Gasteiger partial charge in [-0.3, -0.25) is 0 Å². The Bertz CT molecular complexity index is 691. The maximum atomic E-state index is 13.0. The Kier molecular flexibility index (Phi) is 2.08. The van der Waals surface area contributed by atoms with Crippen molar-refractivity contribution in [2.24, 2.45) is 0 Å². The standard InChI is InChI=1S/C13H9FN2O/c14-9-4-5-11-12(7-9)16-17-13(11)8-2-1-3-10(15)6-8/h1-7H,15H2. The van der Waals surface area contributed by atoms with Crippen LogP contribution in [0.2, 0.25) is 0 Å². The molecule has 0 amide bonds. The molecule has 0 saturated carbocycles. The fourth-order valence-corrected chi connectivity index (χ4v) is 1.80. The highest BCUT2D eigenvalue weighted by molar-refractivity contribution is 5.91. The molecule has 0 fully saturated rings. The fraction of sp³-hybridized carbons (Fsp3) is 0. The van der Waals surface area contributed by atoms with Crippen LogP contribution in [-0.2, 0) is 0 Å². The van der Waals surface area contributed by atoms with Gasteiger partial charge in [0.2, 0.25) is 0 Å². The third-order valence-electron chi connectivity index (χ3n) is 2.59. The molecule has 0 spiro atoms. The first-order valence-corrected chi connectivity index (χ1v) is 5.15. The molecular weight excluding hydrogens is 219 g/mol. The molecule has 1 aromatic heterocycles. The molecule has 3 aromatic rings. The van der Waals surface area contributed by atoms with Gasteiger partial charge in [0.05, 0.1) is 0 Å². The van der Waals surface area contributed by atoms with Crippen molar-refractivity contribution < 1.29 is 8.91 Å². The van der Waals surface area contributed by atoms with Crippen LogP contribution in [0.4, 0.5) is 10.1 Å². The van der Waals surface area contributed by atoms with E-state index in [1.54, 1.807) is 18.2 Å². The Morgan fingerprint density at radius 2 is 2.00 bits per heavy atom. The van der Waals surface area contributed by atoms with E-state index in [0.29, 0.717) is 17.0 Å². The van der Waals surface area contributed by atoms with Crippen LogP contribution in [0, 0.1) is 5.82 Å². The summed E-state index contributed by atoms with van der Waals surface area (Å²) in [6, 6.07) is 11.7. The van der Waals surface area contributed by atoms with Crippen molar-refractivity contribution in [3.63, 3.8) is 0 Å². The average molecular weight is 228 g/mol. The summed E-state index contributed by atoms with van der Waals surface area (Å²) in [6.45, 7) is 0. The number of fused-ring (bicyclic) bond motifs is 1. The molecule has 17 heavy (non-hydrogen) atoms. The van der Waals surface area contributed by atoms with Crippen molar-refractivity contribution in [2.75, 3.05) is 5.73 Å². The smallest absolute Gasteiger partial charge is 0.174 e. The summed E-state index contributed by atoms with van der Waals surface area (Å²) in [6.07, 6.45) is 0. The first kappa shape index (κ1) is 9.84. The monoisotopic (exact) mass is 228 g/mol. The average Bonchev–Trinajstić information content (AvgIpc) is 2.71. The van der Waals surface area contributed by atoms with Gasteiger partial charge in [-0.15, -0.1) is 0 Å². The molecule has 3 nitrogen and oxygen atoms in total. The lowest BCUT2D eigenvalue weighted by Crippen LogP contribution is -1.84. The normalized spacial score (nSPS) is 10.9. The Hall–Kier alpha value is -2.36. The molecule has 0 bridgehead atoms. The minimum Gasteiger partial charge on any atom is -0.399 e. The van der Waals surface area contributed by atoms with Gasteiger partial charge >= 0.3 is 0 Å². The highest BCUT2D eigenvalue weighted by Gasteiger charge is 2.11. The number of nitrogens with zero attached hydrogens (tertiary/aromatic N) is 1. The summed E-state index contributed by atoms with van der Waals surface area (Å²) in [5.74, 6) is 0.275. The van der Waals surface area contributed by atoms with Crippen LogP contribution in [0.3, 0.4) is 0 Å². The molecule has 0 aliphatic heterocycles. The number of anilines is 1. The van der Waals surface area contributed by atoms with E-state index in [4.69, 9.17) is 10.3 Å². The molecule has 0 atom stereocenters. The second-order valence-corrected chi connectivity index (χ2v) is 3.80. The predicted octanol–water partition coefficient (Wildman–Crippen LogP) is 3.22. The van der Waals surface area contributed by atoms with Gasteiger partial charge in [0, 0.05) is 22.7 Å². The van der Waals surface area contributed by atoms with Gasteiger partial charge in [0.15, 0.2) is 5.76 Å². The van der Waals surface area contributed by atoms with E-state index in [1.807, 2.05) is 12.1 Å². The first-order chi connectivity index (χ1) is 8.24. The highest BCUT2D eigenvalue weighted by Crippen LogP contribution is 2.29. The molecule has 2 N–H and O–H groups in total. The first-order valence-electron chi connectivity index (χ1n) is 5.15. The Labute approximate surface area is 96.6 Å². The molecule has 2 aromatic carbocycles. The lowest BCUT2D eigenvalue weighted by Gasteiger charge is -1.98. The van der Waals surface area contributed by atoms with Crippen molar-refractivity contribution in [1.82, 2.24) is 5.16 Å². The lowest BCUT2D eigenvalue weighted by atomic mass is 10.1. The predicted molar refractivity (Wildman–Crippen MR) is 63.8 cm³/mol. The molecule has 0 aliphatic carbocycles. The second kappa shape index (κ2) is 3.59. The maximum Gasteiger partial charge on any atom is 0.174 e. The zero-order valence-corrected chi connectivity index (χ0v) is 8.85. The molecule has 0 radical (unpaired) electrons. The third kappa shape index (κ3) is 1.63. The van der Waals surface area contributed by atoms with Crippen LogP contribution in [0.15, 0.2) is 47.0 Å². The van der Waals surface area contributed by atoms with Gasteiger partial charge in [-0.2, -0.15) is 0 Å². The zero-order chi connectivity index (χ0) is 11.8. The van der Waals surface area contributed by atoms with Gasteiger partial charge in [0.25, 0.3) is 0 Å². The quantitative estimate of drug-likeness (QED) is 0.650. The summed E-state index contributed by atoms with van der Waals surface area (Å²) < 4.78 is 18.2. The third-order valence-corrected chi connectivity index (χ3v) is 2.59. The number of rotatable bonds is 1. The second-order valence-electron chi connectivity index (χ2n) is 3.80. The van der Waals surface area contributed by atoms with Gasteiger partial charge in [-0.25, -0.2) is 4.39 Å². The SMILES string of the molecule is Nc1cccc(-c2onc3cc(F)ccc23)c1. The van der Waals surface area contributed by atoms with Crippen LogP contribution in [0.25, 0.3) is 22.2 Å². The molecular formula is C13H9FN2O. The van der Waals surface area contributed by atoms with Crippen LogP contribution in [0.1, 0.15) is 0 Å². The van der Waals surface area contributed by atoms with Crippen LogP contribution in [0.5, 0.6) is 0 Å². The van der Waals surface area contributed by atoms with E-state index < -0.39 is 0 Å². The summed E-state index contributed by atoms with van der Waals surface area (Å²) in [4.78, 5) is 0. The largest absolute Gasteiger partial charge is 0.399 e. The van der Waals surface area contributed by atoms with Gasteiger partial charge in [-0.05, 0) is 24.3 Å². The minimum atomic E-state index is -0.329. The number of nitrogen functional groups attached to an aromatic ring is 1. The van der Waals surface area contributed by atoms with E-state index in [2.05, 4.69) is 5.16 Å². The Balaban J connectivity index is 2.24. The molecule has 84 valence electrons. The molecule has 0 aliphatic rings. The van der Waals surface area contributed by atoms with E-state index in [0.717, 1.165) is 10.9 Å². The lowest BCUT2D eigenvalue weighted by molar-refractivity contribution is 0.440. The zero-order valence-electron chi connectivity index (χ0n) is 8.85. The Morgan fingerprint density at radius 3 is 2.82 bits per heavy atom. The highest BCUT2D eigenvalue weighted by atomic mass is 19.1. The molecule has 1 heterocycles. The number of benzene rings is 2. The van der Waals surface area contributed by atoms with Crippen molar-refractivity contribution in [3.8, 4) is 11.3 Å². The number of hydrogen-bond acceptors (Lipinski definition) is 3. The molecule has 0 saturated heterocycles. The van der Waals surface area contributed by atoms with Gasteiger partial charge in [0.1, 0.15) is 11.3 Å². The Morgan fingerprint density at radius 1 is 1.12 bits per heavy atom. The topological polar surface area (TPSA) is 52.0 Å².